The molecule has 0 aliphatic carbocycles. The highest BCUT2D eigenvalue weighted by Gasteiger charge is 2.16. The van der Waals surface area contributed by atoms with Gasteiger partial charge in [0.15, 0.2) is 0 Å². The summed E-state index contributed by atoms with van der Waals surface area (Å²) in [7, 11) is 1.59. The third-order valence-corrected chi connectivity index (χ3v) is 3.66. The molecular formula is C11H13BrN2O2S. The normalized spacial score (nSPS) is 9.94. The van der Waals surface area contributed by atoms with E-state index in [0.717, 1.165) is 3.79 Å². The van der Waals surface area contributed by atoms with Crippen molar-refractivity contribution in [3.8, 4) is 6.07 Å². The Kier molecular flexibility index (Phi) is 6.19. The SMILES string of the molecule is COCCN(CCC#N)C(=O)c1csc(Br)c1. The molecule has 17 heavy (non-hydrogen) atoms. The maximum Gasteiger partial charge on any atom is 0.254 e. The predicted octanol–water partition coefficient (Wildman–Crippen LogP) is 2.51. The molecule has 1 heterocycles. The summed E-state index contributed by atoms with van der Waals surface area (Å²) in [5.41, 5.74) is 0.649. The lowest BCUT2D eigenvalue weighted by Crippen LogP contribution is -2.34. The van der Waals surface area contributed by atoms with E-state index in [1.807, 2.05) is 6.07 Å². The summed E-state index contributed by atoms with van der Waals surface area (Å²) in [6.45, 7) is 1.42. The van der Waals surface area contributed by atoms with Crippen LogP contribution in [0.4, 0.5) is 0 Å². The predicted molar refractivity (Wildman–Crippen MR) is 70.0 cm³/mol. The quantitative estimate of drug-likeness (QED) is 0.810. The molecule has 0 fully saturated rings. The monoisotopic (exact) mass is 316 g/mol. The van der Waals surface area contributed by atoms with Crippen LogP contribution in [0.1, 0.15) is 16.8 Å². The summed E-state index contributed by atoms with van der Waals surface area (Å²) >= 11 is 4.80. The molecule has 0 N–H and O–H groups in total. The van der Waals surface area contributed by atoms with E-state index >= 15 is 0 Å². The van der Waals surface area contributed by atoms with Gasteiger partial charge in [-0.1, -0.05) is 0 Å². The lowest BCUT2D eigenvalue weighted by Gasteiger charge is -2.20. The van der Waals surface area contributed by atoms with Gasteiger partial charge in [-0.3, -0.25) is 4.79 Å². The first kappa shape index (κ1) is 14.2. The molecule has 0 unspecified atom stereocenters. The number of amides is 1. The number of carbonyl (C=O) groups excluding carboxylic acids is 1. The number of thiophene rings is 1. The molecule has 0 spiro atoms. The van der Waals surface area contributed by atoms with Crippen molar-refractivity contribution in [3.05, 3.63) is 20.8 Å². The van der Waals surface area contributed by atoms with Crippen molar-refractivity contribution in [2.45, 2.75) is 6.42 Å². The Morgan fingerprint density at radius 2 is 2.41 bits per heavy atom. The Bertz CT molecular complexity index is 414. The van der Waals surface area contributed by atoms with Gasteiger partial charge >= 0.3 is 0 Å². The van der Waals surface area contributed by atoms with Crippen molar-refractivity contribution < 1.29 is 9.53 Å². The smallest absolute Gasteiger partial charge is 0.254 e. The first-order valence-electron chi connectivity index (χ1n) is 5.08. The van der Waals surface area contributed by atoms with Gasteiger partial charge in [-0.25, -0.2) is 0 Å². The van der Waals surface area contributed by atoms with Gasteiger partial charge in [0, 0.05) is 25.6 Å². The van der Waals surface area contributed by atoms with Crippen molar-refractivity contribution in [2.75, 3.05) is 26.8 Å². The van der Waals surface area contributed by atoms with Crippen molar-refractivity contribution >= 4 is 33.2 Å². The van der Waals surface area contributed by atoms with E-state index in [-0.39, 0.29) is 5.91 Å². The van der Waals surface area contributed by atoms with Crippen LogP contribution in [0.3, 0.4) is 0 Å². The maximum absolute atomic E-state index is 12.1. The van der Waals surface area contributed by atoms with E-state index in [1.165, 1.54) is 11.3 Å². The van der Waals surface area contributed by atoms with E-state index in [2.05, 4.69) is 15.9 Å². The summed E-state index contributed by atoms with van der Waals surface area (Å²) in [4.78, 5) is 13.8. The van der Waals surface area contributed by atoms with Gasteiger partial charge in [-0.05, 0) is 22.0 Å². The lowest BCUT2D eigenvalue weighted by atomic mass is 10.2. The summed E-state index contributed by atoms with van der Waals surface area (Å²) in [6, 6.07) is 3.84. The second-order valence-electron chi connectivity index (χ2n) is 3.33. The third kappa shape index (κ3) is 4.46. The highest BCUT2D eigenvalue weighted by Crippen LogP contribution is 2.21. The van der Waals surface area contributed by atoms with E-state index in [1.54, 1.807) is 23.5 Å². The van der Waals surface area contributed by atoms with Gasteiger partial charge in [0.1, 0.15) is 0 Å². The minimum absolute atomic E-state index is 0.0562. The molecule has 0 atom stereocenters. The molecule has 0 aromatic carbocycles. The van der Waals surface area contributed by atoms with E-state index < -0.39 is 0 Å². The van der Waals surface area contributed by atoms with E-state index in [9.17, 15) is 4.79 Å². The Balaban J connectivity index is 2.68. The van der Waals surface area contributed by atoms with Crippen molar-refractivity contribution in [3.63, 3.8) is 0 Å². The van der Waals surface area contributed by atoms with Crippen LogP contribution in [0.2, 0.25) is 0 Å². The van der Waals surface area contributed by atoms with E-state index in [0.29, 0.717) is 31.7 Å². The van der Waals surface area contributed by atoms with Gasteiger partial charge in [0.05, 0.1) is 28.4 Å². The summed E-state index contributed by atoms with van der Waals surface area (Å²) in [5, 5.41) is 10.4. The van der Waals surface area contributed by atoms with Crippen LogP contribution in [0.5, 0.6) is 0 Å². The largest absolute Gasteiger partial charge is 0.383 e. The Labute approximate surface area is 113 Å². The van der Waals surface area contributed by atoms with Gasteiger partial charge < -0.3 is 9.64 Å². The van der Waals surface area contributed by atoms with Gasteiger partial charge in [0.2, 0.25) is 0 Å². The average molecular weight is 317 g/mol. The van der Waals surface area contributed by atoms with Crippen LogP contribution in [-0.4, -0.2) is 37.6 Å². The van der Waals surface area contributed by atoms with Crippen LogP contribution < -0.4 is 0 Å². The van der Waals surface area contributed by atoms with Crippen LogP contribution in [-0.2, 0) is 4.74 Å². The fourth-order valence-electron chi connectivity index (χ4n) is 1.31. The second-order valence-corrected chi connectivity index (χ2v) is 5.62. The van der Waals surface area contributed by atoms with Crippen LogP contribution >= 0.6 is 27.3 Å². The molecule has 1 aromatic rings. The minimum atomic E-state index is -0.0562. The summed E-state index contributed by atoms with van der Waals surface area (Å²) < 4.78 is 5.88. The standard InChI is InChI=1S/C11H13BrN2O2S/c1-16-6-5-14(4-2-3-13)11(15)9-7-10(12)17-8-9/h7-8H,2,4-6H2,1H3. The van der Waals surface area contributed by atoms with Crippen LogP contribution in [0, 0.1) is 11.3 Å². The molecule has 1 amide bonds. The van der Waals surface area contributed by atoms with Crippen molar-refractivity contribution in [2.24, 2.45) is 0 Å². The zero-order valence-corrected chi connectivity index (χ0v) is 11.9. The van der Waals surface area contributed by atoms with Gasteiger partial charge in [-0.2, -0.15) is 5.26 Å². The molecular weight excluding hydrogens is 304 g/mol. The second kappa shape index (κ2) is 7.43. The Morgan fingerprint density at radius 1 is 1.65 bits per heavy atom. The summed E-state index contributed by atoms with van der Waals surface area (Å²) in [6.07, 6.45) is 0.334. The number of halogens is 1. The number of hydrogen-bond acceptors (Lipinski definition) is 4. The molecule has 0 bridgehead atoms. The Morgan fingerprint density at radius 3 is 2.94 bits per heavy atom. The first-order valence-corrected chi connectivity index (χ1v) is 6.75. The number of hydrogen-bond donors (Lipinski definition) is 0. The van der Waals surface area contributed by atoms with Gasteiger partial charge in [0.25, 0.3) is 5.91 Å². The third-order valence-electron chi connectivity index (χ3n) is 2.16. The molecule has 4 nitrogen and oxygen atoms in total. The zero-order valence-electron chi connectivity index (χ0n) is 9.48. The van der Waals surface area contributed by atoms with E-state index in [4.69, 9.17) is 10.00 Å². The number of methoxy groups -OCH3 is 1. The van der Waals surface area contributed by atoms with Crippen LogP contribution in [0.15, 0.2) is 15.2 Å². The number of rotatable bonds is 6. The number of ether oxygens (including phenoxy) is 1. The molecule has 1 aromatic heterocycles. The molecule has 0 saturated heterocycles. The summed E-state index contributed by atoms with van der Waals surface area (Å²) in [5.74, 6) is -0.0562. The molecule has 0 aliphatic rings. The highest BCUT2D eigenvalue weighted by atomic mass is 79.9. The highest BCUT2D eigenvalue weighted by molar-refractivity contribution is 9.11. The molecule has 92 valence electrons. The fraction of sp³-hybridized carbons (Fsp3) is 0.455. The molecule has 1 rings (SSSR count). The first-order chi connectivity index (χ1) is 8.19. The molecule has 0 radical (unpaired) electrons. The fourth-order valence-corrected chi connectivity index (χ4v) is 2.44. The molecule has 0 aliphatic heterocycles. The zero-order chi connectivity index (χ0) is 12.7. The van der Waals surface area contributed by atoms with Gasteiger partial charge in [-0.15, -0.1) is 11.3 Å². The Hall–Kier alpha value is -0.900. The molecule has 0 saturated carbocycles. The topological polar surface area (TPSA) is 53.3 Å². The average Bonchev–Trinajstić information content (AvgIpc) is 2.75. The van der Waals surface area contributed by atoms with Crippen molar-refractivity contribution in [1.29, 1.82) is 5.26 Å². The number of carbonyl (C=O) groups is 1. The molecule has 6 heteroatoms. The maximum atomic E-state index is 12.1. The number of nitrogens with zero attached hydrogens (tertiary/aromatic N) is 2. The van der Waals surface area contributed by atoms with Crippen LogP contribution in [0.25, 0.3) is 0 Å². The van der Waals surface area contributed by atoms with Crippen molar-refractivity contribution in [1.82, 2.24) is 4.90 Å². The number of nitriles is 1. The minimum Gasteiger partial charge on any atom is -0.383 e. The lowest BCUT2D eigenvalue weighted by molar-refractivity contribution is 0.0700.